The summed E-state index contributed by atoms with van der Waals surface area (Å²) < 4.78 is 143. The predicted octanol–water partition coefficient (Wildman–Crippen LogP) is 5.22. The van der Waals surface area contributed by atoms with Crippen molar-refractivity contribution in [3.05, 3.63) is 29.8 Å². The highest BCUT2D eigenvalue weighted by molar-refractivity contribution is 5.50. The largest absolute Gasteiger partial charge is 0.460 e. The van der Waals surface area contributed by atoms with Crippen LogP contribution in [0.3, 0.4) is 0 Å². The van der Waals surface area contributed by atoms with E-state index in [0.29, 0.717) is 25.1 Å². The van der Waals surface area contributed by atoms with Gasteiger partial charge in [-0.1, -0.05) is 6.07 Å². The van der Waals surface area contributed by atoms with Gasteiger partial charge in [-0.05, 0) is 19.1 Å². The van der Waals surface area contributed by atoms with E-state index in [1.165, 1.54) is 0 Å². The first-order valence-corrected chi connectivity index (χ1v) is 6.04. The van der Waals surface area contributed by atoms with Gasteiger partial charge in [0.15, 0.2) is 11.6 Å². The highest BCUT2D eigenvalue weighted by Gasteiger charge is 2.83. The van der Waals surface area contributed by atoms with Crippen molar-refractivity contribution in [3.63, 3.8) is 0 Å². The fraction of sp³-hybridized carbons (Fsp3) is 0.500. The van der Waals surface area contributed by atoms with Gasteiger partial charge in [-0.2, -0.15) is 39.5 Å². The molecular formula is C12H8F11N. The summed E-state index contributed by atoms with van der Waals surface area (Å²) in [5.41, 5.74) is -1.60. The Bertz CT molecular complexity index is 593. The van der Waals surface area contributed by atoms with Gasteiger partial charge in [0.1, 0.15) is 0 Å². The predicted molar refractivity (Wildman–Crippen MR) is 60.3 cm³/mol. The summed E-state index contributed by atoms with van der Waals surface area (Å²) in [6, 6.07) is -4.85. The molecule has 0 saturated carbocycles. The Morgan fingerprint density at radius 1 is 0.833 bits per heavy atom. The molecule has 0 heterocycles. The maximum absolute atomic E-state index is 13.8. The molecule has 12 heteroatoms. The van der Waals surface area contributed by atoms with Crippen LogP contribution in [0.4, 0.5) is 54.0 Å². The smallest absolute Gasteiger partial charge is 0.305 e. The molecule has 0 N–H and O–H groups in total. The van der Waals surface area contributed by atoms with Gasteiger partial charge in [0.2, 0.25) is 0 Å². The average molecular weight is 375 g/mol. The minimum absolute atomic E-state index is 0.331. The molecule has 1 aromatic rings. The van der Waals surface area contributed by atoms with Gasteiger partial charge in [-0.25, -0.2) is 8.78 Å². The highest BCUT2D eigenvalue weighted by Crippen LogP contribution is 2.54. The molecule has 0 spiro atoms. The van der Waals surface area contributed by atoms with Crippen molar-refractivity contribution in [3.8, 4) is 0 Å². The van der Waals surface area contributed by atoms with Crippen molar-refractivity contribution < 1.29 is 48.3 Å². The van der Waals surface area contributed by atoms with E-state index in [1.807, 2.05) is 0 Å². The van der Waals surface area contributed by atoms with Gasteiger partial charge in [-0.15, -0.1) is 0 Å². The molecule has 0 bridgehead atoms. The fourth-order valence-corrected chi connectivity index (χ4v) is 1.76. The van der Waals surface area contributed by atoms with E-state index in [2.05, 4.69) is 0 Å². The van der Waals surface area contributed by atoms with Crippen LogP contribution >= 0.6 is 0 Å². The molecule has 0 atom stereocenters. The van der Waals surface area contributed by atoms with Gasteiger partial charge in [0.25, 0.3) is 0 Å². The third kappa shape index (κ3) is 2.86. The van der Waals surface area contributed by atoms with Crippen LogP contribution in [0.1, 0.15) is 6.92 Å². The van der Waals surface area contributed by atoms with Crippen LogP contribution in [-0.4, -0.2) is 30.6 Å². The second kappa shape index (κ2) is 5.96. The molecule has 138 valence electrons. The van der Waals surface area contributed by atoms with E-state index >= 15 is 0 Å². The van der Waals surface area contributed by atoms with E-state index in [9.17, 15) is 48.3 Å². The summed E-state index contributed by atoms with van der Waals surface area (Å²) in [6.07, 6.45) is -7.00. The van der Waals surface area contributed by atoms with Crippen LogP contribution in [-0.2, 0) is 0 Å². The summed E-state index contributed by atoms with van der Waals surface area (Å²) in [7, 11) is 0. The maximum Gasteiger partial charge on any atom is 0.460 e. The van der Waals surface area contributed by atoms with E-state index < -0.39 is 52.8 Å². The Hall–Kier alpha value is -1.75. The molecule has 0 unspecified atom stereocenters. The molecule has 1 rings (SSSR count). The first-order chi connectivity index (χ1) is 10.6. The maximum atomic E-state index is 13.8. The second-order valence-corrected chi connectivity index (χ2v) is 4.50. The van der Waals surface area contributed by atoms with Crippen LogP contribution in [0.15, 0.2) is 18.2 Å². The zero-order valence-electron chi connectivity index (χ0n) is 11.5. The van der Waals surface area contributed by atoms with Gasteiger partial charge < -0.3 is 4.90 Å². The number of hydrogen-bond acceptors (Lipinski definition) is 1. The Morgan fingerprint density at radius 3 is 1.75 bits per heavy atom. The topological polar surface area (TPSA) is 3.24 Å². The third-order valence-electron chi connectivity index (χ3n) is 3.01. The van der Waals surface area contributed by atoms with Crippen molar-refractivity contribution in [2.45, 2.75) is 31.0 Å². The molecule has 0 saturated heterocycles. The number of rotatable bonds is 5. The third-order valence-corrected chi connectivity index (χ3v) is 3.01. The minimum Gasteiger partial charge on any atom is -0.305 e. The molecule has 1 aromatic carbocycles. The Balaban J connectivity index is 3.51. The molecule has 0 radical (unpaired) electrons. The molecule has 0 aliphatic heterocycles. The van der Waals surface area contributed by atoms with Gasteiger partial charge in [0, 0.05) is 6.54 Å². The lowest BCUT2D eigenvalue weighted by Crippen LogP contribution is -2.66. The lowest BCUT2D eigenvalue weighted by atomic mass is 10.1. The number of hydrogen-bond donors (Lipinski definition) is 0. The summed E-state index contributed by atoms with van der Waals surface area (Å²) in [5.74, 6) is -18.0. The first kappa shape index (κ1) is 20.3. The minimum atomic E-state index is -7.12. The van der Waals surface area contributed by atoms with Gasteiger partial charge in [0.05, 0.1) is 5.69 Å². The van der Waals surface area contributed by atoms with Gasteiger partial charge >= 0.3 is 24.1 Å². The van der Waals surface area contributed by atoms with Crippen molar-refractivity contribution in [1.82, 2.24) is 0 Å². The van der Waals surface area contributed by atoms with Crippen LogP contribution in [0.5, 0.6) is 0 Å². The van der Waals surface area contributed by atoms with Crippen LogP contribution in [0.2, 0.25) is 0 Å². The zero-order valence-corrected chi connectivity index (χ0v) is 11.5. The zero-order chi connectivity index (χ0) is 19.1. The number of benzene rings is 1. The second-order valence-electron chi connectivity index (χ2n) is 4.50. The van der Waals surface area contributed by atoms with Crippen LogP contribution in [0.25, 0.3) is 0 Å². The van der Waals surface area contributed by atoms with Gasteiger partial charge in [-0.3, -0.25) is 0 Å². The molecule has 1 nitrogen and oxygen atoms in total. The van der Waals surface area contributed by atoms with E-state index in [1.54, 1.807) is 0 Å². The van der Waals surface area contributed by atoms with Crippen molar-refractivity contribution >= 4 is 5.69 Å². The Labute approximate surface area is 127 Å². The lowest BCUT2D eigenvalue weighted by Gasteiger charge is -2.40. The average Bonchev–Trinajstić information content (AvgIpc) is 2.42. The highest BCUT2D eigenvalue weighted by atomic mass is 19.4. The van der Waals surface area contributed by atoms with Crippen molar-refractivity contribution in [1.29, 1.82) is 0 Å². The monoisotopic (exact) mass is 375 g/mol. The number of halogens is 11. The van der Waals surface area contributed by atoms with Crippen molar-refractivity contribution in [2.24, 2.45) is 0 Å². The standard InChI is InChI=1S/C12H8F11N/c1-2-24(7-5-3-4-6(13)8(7)14)12(22,23)10(17,18)9(15,16)11(19,20)21/h3-5H,2H2,1H3. The molecule has 0 aliphatic carbocycles. The van der Waals surface area contributed by atoms with Crippen LogP contribution < -0.4 is 4.90 Å². The van der Waals surface area contributed by atoms with E-state index in [-0.39, 0.29) is 0 Å². The number of anilines is 1. The molecule has 24 heavy (non-hydrogen) atoms. The Morgan fingerprint density at radius 2 is 1.33 bits per heavy atom. The van der Waals surface area contributed by atoms with Crippen LogP contribution in [0, 0.1) is 11.6 Å². The molecule has 0 amide bonds. The molecule has 0 fully saturated rings. The Kier molecular flexibility index (Phi) is 5.04. The number of nitrogens with zero attached hydrogens (tertiary/aromatic N) is 1. The summed E-state index contributed by atoms with van der Waals surface area (Å²) in [4.78, 5) is -1.06. The normalized spacial score (nSPS) is 14.0. The van der Waals surface area contributed by atoms with E-state index in [0.717, 1.165) is 0 Å². The lowest BCUT2D eigenvalue weighted by molar-refractivity contribution is -0.395. The molecular weight excluding hydrogens is 367 g/mol. The SMILES string of the molecule is CCN(c1cccc(F)c1F)C(F)(F)C(F)(F)C(F)(F)C(F)(F)F. The fourth-order valence-electron chi connectivity index (χ4n) is 1.76. The quantitative estimate of drug-likeness (QED) is 0.504. The molecule has 0 aliphatic rings. The van der Waals surface area contributed by atoms with Crippen molar-refractivity contribution in [2.75, 3.05) is 11.4 Å². The summed E-state index contributed by atoms with van der Waals surface area (Å²) in [6.45, 7) is -0.670. The molecule has 0 aromatic heterocycles. The number of alkyl halides is 9. The summed E-state index contributed by atoms with van der Waals surface area (Å²) in [5, 5.41) is 0. The summed E-state index contributed by atoms with van der Waals surface area (Å²) >= 11 is 0. The van der Waals surface area contributed by atoms with E-state index in [4.69, 9.17) is 0 Å². The first-order valence-electron chi connectivity index (χ1n) is 6.04.